The molecule has 0 aliphatic heterocycles. The van der Waals surface area contributed by atoms with E-state index >= 15 is 0 Å². The summed E-state index contributed by atoms with van der Waals surface area (Å²) >= 11 is 0. The van der Waals surface area contributed by atoms with E-state index in [1.165, 1.54) is 11.1 Å². The summed E-state index contributed by atoms with van der Waals surface area (Å²) in [5.74, 6) is 0.436. The third-order valence-corrected chi connectivity index (χ3v) is 2.28. The molecule has 0 spiro atoms. The minimum absolute atomic E-state index is 0.436. The van der Waals surface area contributed by atoms with Gasteiger partial charge in [-0.15, -0.1) is 0 Å². The summed E-state index contributed by atoms with van der Waals surface area (Å²) in [5, 5.41) is 3.15. The third-order valence-electron chi connectivity index (χ3n) is 2.28. The van der Waals surface area contributed by atoms with E-state index in [0.717, 1.165) is 6.54 Å². The van der Waals surface area contributed by atoms with Gasteiger partial charge in [-0.3, -0.25) is 0 Å². The molecular weight excluding hydrogens is 160 g/mol. The summed E-state index contributed by atoms with van der Waals surface area (Å²) in [6, 6.07) is 8.58. The number of nitrogens with two attached hydrogens (primary N) is 1. The Morgan fingerprint density at radius 1 is 1.31 bits per heavy atom. The lowest BCUT2D eigenvalue weighted by atomic mass is 9.98. The van der Waals surface area contributed by atoms with Crippen molar-refractivity contribution in [1.82, 2.24) is 5.32 Å². The molecule has 0 saturated carbocycles. The van der Waals surface area contributed by atoms with Crippen LogP contribution in [0.25, 0.3) is 0 Å². The summed E-state index contributed by atoms with van der Waals surface area (Å²) in [6.07, 6.45) is 0. The van der Waals surface area contributed by atoms with Crippen LogP contribution in [-0.4, -0.2) is 20.1 Å². The smallest absolute Gasteiger partial charge is 0.00862 e. The van der Waals surface area contributed by atoms with Gasteiger partial charge in [0.15, 0.2) is 0 Å². The summed E-state index contributed by atoms with van der Waals surface area (Å²) < 4.78 is 0. The Morgan fingerprint density at radius 2 is 1.92 bits per heavy atom. The second-order valence-corrected chi connectivity index (χ2v) is 3.40. The average molecular weight is 178 g/mol. The lowest BCUT2D eigenvalue weighted by molar-refractivity contribution is 0.637. The van der Waals surface area contributed by atoms with E-state index in [9.17, 15) is 0 Å². The minimum atomic E-state index is 0.436. The van der Waals surface area contributed by atoms with Gasteiger partial charge in [0.05, 0.1) is 0 Å². The zero-order chi connectivity index (χ0) is 9.68. The van der Waals surface area contributed by atoms with E-state index in [-0.39, 0.29) is 0 Å². The quantitative estimate of drug-likeness (QED) is 0.728. The standard InChI is InChI=1S/C11H18N2/c1-9-3-5-10(6-4-9)11(7-12)8-13-2/h3-6,11,13H,7-8,12H2,1-2H3. The third kappa shape index (κ3) is 2.83. The van der Waals surface area contributed by atoms with E-state index < -0.39 is 0 Å². The van der Waals surface area contributed by atoms with Gasteiger partial charge in [-0.2, -0.15) is 0 Å². The van der Waals surface area contributed by atoms with E-state index in [1.54, 1.807) is 0 Å². The highest BCUT2D eigenvalue weighted by Crippen LogP contribution is 2.14. The first-order valence-corrected chi connectivity index (χ1v) is 4.69. The molecule has 2 nitrogen and oxygen atoms in total. The molecule has 0 fully saturated rings. The van der Waals surface area contributed by atoms with Gasteiger partial charge in [0, 0.05) is 19.0 Å². The number of aryl methyl sites for hydroxylation is 1. The van der Waals surface area contributed by atoms with Crippen LogP contribution in [0, 0.1) is 6.92 Å². The molecule has 1 rings (SSSR count). The van der Waals surface area contributed by atoms with Crippen molar-refractivity contribution in [3.05, 3.63) is 35.4 Å². The molecule has 1 aromatic rings. The van der Waals surface area contributed by atoms with Crippen LogP contribution in [0.15, 0.2) is 24.3 Å². The maximum absolute atomic E-state index is 5.69. The van der Waals surface area contributed by atoms with Crippen LogP contribution in [0.3, 0.4) is 0 Å². The Kier molecular flexibility index (Phi) is 3.93. The van der Waals surface area contributed by atoms with Crippen molar-refractivity contribution in [2.75, 3.05) is 20.1 Å². The highest BCUT2D eigenvalue weighted by molar-refractivity contribution is 5.25. The maximum Gasteiger partial charge on any atom is 0.00862 e. The van der Waals surface area contributed by atoms with Gasteiger partial charge in [-0.05, 0) is 19.5 Å². The normalized spacial score (nSPS) is 12.8. The number of rotatable bonds is 4. The largest absolute Gasteiger partial charge is 0.330 e. The highest BCUT2D eigenvalue weighted by atomic mass is 14.8. The fraction of sp³-hybridized carbons (Fsp3) is 0.455. The molecule has 0 aliphatic carbocycles. The van der Waals surface area contributed by atoms with Crippen LogP contribution in [0.1, 0.15) is 17.0 Å². The number of benzene rings is 1. The van der Waals surface area contributed by atoms with Crippen molar-refractivity contribution in [2.24, 2.45) is 5.73 Å². The molecular formula is C11H18N2. The molecule has 0 aliphatic rings. The predicted molar refractivity (Wildman–Crippen MR) is 56.9 cm³/mol. The molecule has 1 unspecified atom stereocenters. The molecule has 2 heteroatoms. The van der Waals surface area contributed by atoms with Crippen LogP contribution >= 0.6 is 0 Å². The van der Waals surface area contributed by atoms with Crippen LogP contribution in [0.4, 0.5) is 0 Å². The van der Waals surface area contributed by atoms with Gasteiger partial charge < -0.3 is 11.1 Å². The second kappa shape index (κ2) is 5.00. The van der Waals surface area contributed by atoms with Crippen molar-refractivity contribution in [2.45, 2.75) is 12.8 Å². The lowest BCUT2D eigenvalue weighted by Gasteiger charge is -2.14. The fourth-order valence-corrected chi connectivity index (χ4v) is 1.42. The van der Waals surface area contributed by atoms with Crippen LogP contribution < -0.4 is 11.1 Å². The second-order valence-electron chi connectivity index (χ2n) is 3.40. The first-order valence-electron chi connectivity index (χ1n) is 4.69. The van der Waals surface area contributed by atoms with E-state index in [1.807, 2.05) is 7.05 Å². The molecule has 1 atom stereocenters. The van der Waals surface area contributed by atoms with E-state index in [0.29, 0.717) is 12.5 Å². The predicted octanol–water partition coefficient (Wildman–Crippen LogP) is 1.26. The van der Waals surface area contributed by atoms with E-state index in [2.05, 4.69) is 36.5 Å². The number of likely N-dealkylation sites (N-methyl/N-ethyl adjacent to an activating group) is 1. The Bertz CT molecular complexity index is 241. The van der Waals surface area contributed by atoms with Gasteiger partial charge >= 0.3 is 0 Å². The van der Waals surface area contributed by atoms with Crippen LogP contribution in [0.2, 0.25) is 0 Å². The Labute approximate surface area is 80.1 Å². The molecule has 13 heavy (non-hydrogen) atoms. The van der Waals surface area contributed by atoms with Crippen molar-refractivity contribution >= 4 is 0 Å². The van der Waals surface area contributed by atoms with Crippen molar-refractivity contribution in [3.8, 4) is 0 Å². The molecule has 0 aromatic heterocycles. The van der Waals surface area contributed by atoms with Crippen LogP contribution in [0.5, 0.6) is 0 Å². The van der Waals surface area contributed by atoms with Crippen molar-refractivity contribution in [1.29, 1.82) is 0 Å². The Balaban J connectivity index is 2.73. The summed E-state index contributed by atoms with van der Waals surface area (Å²) in [7, 11) is 1.96. The number of hydrogen-bond donors (Lipinski definition) is 2. The topological polar surface area (TPSA) is 38.0 Å². The zero-order valence-corrected chi connectivity index (χ0v) is 8.38. The molecule has 0 heterocycles. The van der Waals surface area contributed by atoms with E-state index in [4.69, 9.17) is 5.73 Å². The van der Waals surface area contributed by atoms with Crippen molar-refractivity contribution in [3.63, 3.8) is 0 Å². The Hall–Kier alpha value is -0.860. The molecule has 0 bridgehead atoms. The molecule has 72 valence electrons. The number of hydrogen-bond acceptors (Lipinski definition) is 2. The van der Waals surface area contributed by atoms with Gasteiger partial charge in [0.25, 0.3) is 0 Å². The van der Waals surface area contributed by atoms with Crippen LogP contribution in [-0.2, 0) is 0 Å². The first-order chi connectivity index (χ1) is 6.27. The summed E-state index contributed by atoms with van der Waals surface area (Å²) in [6.45, 7) is 3.74. The summed E-state index contributed by atoms with van der Waals surface area (Å²) in [4.78, 5) is 0. The number of nitrogens with one attached hydrogen (secondary N) is 1. The first kappa shape index (κ1) is 10.2. The molecule has 0 amide bonds. The monoisotopic (exact) mass is 178 g/mol. The summed E-state index contributed by atoms with van der Waals surface area (Å²) in [5.41, 5.74) is 8.31. The molecule has 0 radical (unpaired) electrons. The van der Waals surface area contributed by atoms with Crippen molar-refractivity contribution < 1.29 is 0 Å². The SMILES string of the molecule is CNCC(CN)c1ccc(C)cc1. The maximum atomic E-state index is 5.69. The van der Waals surface area contributed by atoms with Gasteiger partial charge in [-0.1, -0.05) is 29.8 Å². The molecule has 0 saturated heterocycles. The minimum Gasteiger partial charge on any atom is -0.330 e. The lowest BCUT2D eigenvalue weighted by Crippen LogP contribution is -2.23. The molecule has 1 aromatic carbocycles. The Morgan fingerprint density at radius 3 is 2.38 bits per heavy atom. The molecule has 3 N–H and O–H groups in total. The fourth-order valence-electron chi connectivity index (χ4n) is 1.42. The average Bonchev–Trinajstić information content (AvgIpc) is 2.16. The highest BCUT2D eigenvalue weighted by Gasteiger charge is 2.07. The zero-order valence-electron chi connectivity index (χ0n) is 8.38. The van der Waals surface area contributed by atoms with Gasteiger partial charge in [0.1, 0.15) is 0 Å². The van der Waals surface area contributed by atoms with Gasteiger partial charge in [0.2, 0.25) is 0 Å². The van der Waals surface area contributed by atoms with Gasteiger partial charge in [-0.25, -0.2) is 0 Å².